The van der Waals surface area contributed by atoms with E-state index in [9.17, 15) is 8.42 Å². The predicted octanol–water partition coefficient (Wildman–Crippen LogP) is 6.72. The third kappa shape index (κ3) is 4.76. The van der Waals surface area contributed by atoms with E-state index < -0.39 is 9.84 Å². The second-order valence-electron chi connectivity index (χ2n) is 8.35. The first kappa shape index (κ1) is 22.2. The molecule has 5 nitrogen and oxygen atoms in total. The number of nitrogens with one attached hydrogen (secondary N) is 1. The van der Waals surface area contributed by atoms with Gasteiger partial charge in [0.1, 0.15) is 0 Å². The largest absolute Gasteiger partial charge is 0.419 e. The molecule has 8 heteroatoms. The fourth-order valence-corrected chi connectivity index (χ4v) is 5.91. The van der Waals surface area contributed by atoms with Crippen molar-refractivity contribution in [2.75, 3.05) is 5.32 Å². The maximum Gasteiger partial charge on any atom is 0.234 e. The van der Waals surface area contributed by atoms with E-state index in [-0.39, 0.29) is 27.7 Å². The van der Waals surface area contributed by atoms with Gasteiger partial charge in [0.25, 0.3) is 0 Å². The zero-order valence-electron chi connectivity index (χ0n) is 17.3. The van der Waals surface area contributed by atoms with Gasteiger partial charge in [0.2, 0.25) is 26.6 Å². The lowest BCUT2D eigenvalue weighted by atomic mass is 9.80. The number of aromatic nitrogens is 1. The van der Waals surface area contributed by atoms with E-state index in [1.54, 1.807) is 36.4 Å². The average molecular weight is 479 g/mol. The van der Waals surface area contributed by atoms with E-state index in [1.807, 2.05) is 0 Å². The van der Waals surface area contributed by atoms with Crippen LogP contribution in [0.3, 0.4) is 0 Å². The summed E-state index contributed by atoms with van der Waals surface area (Å²) in [6.45, 7) is 4.43. The highest BCUT2D eigenvalue weighted by Crippen LogP contribution is 2.37. The zero-order valence-corrected chi connectivity index (χ0v) is 19.6. The van der Waals surface area contributed by atoms with Crippen LogP contribution in [0.2, 0.25) is 10.0 Å². The highest BCUT2D eigenvalue weighted by molar-refractivity contribution is 7.91. The number of hydrogen-bond acceptors (Lipinski definition) is 5. The summed E-state index contributed by atoms with van der Waals surface area (Å²) in [7, 11) is -3.93. The number of halogens is 2. The zero-order chi connectivity index (χ0) is 22.2. The third-order valence-corrected chi connectivity index (χ3v) is 7.85. The summed E-state index contributed by atoms with van der Waals surface area (Å²) in [5.41, 5.74) is 0.537. The molecule has 1 saturated carbocycles. The summed E-state index contributed by atoms with van der Waals surface area (Å²) < 4.78 is 32.8. The number of rotatable bonds is 5. The molecule has 3 aromatic rings. The summed E-state index contributed by atoms with van der Waals surface area (Å²) in [4.78, 5) is 4.48. The first-order valence-electron chi connectivity index (χ1n) is 10.3. The summed E-state index contributed by atoms with van der Waals surface area (Å²) in [6, 6.07) is 13.2. The number of benzene rings is 2. The highest BCUT2D eigenvalue weighted by Gasteiger charge is 2.32. The summed E-state index contributed by atoms with van der Waals surface area (Å²) >= 11 is 12.3. The van der Waals surface area contributed by atoms with Gasteiger partial charge in [-0.2, -0.15) is 4.98 Å². The smallest absolute Gasteiger partial charge is 0.234 e. The molecule has 2 unspecified atom stereocenters. The van der Waals surface area contributed by atoms with Crippen molar-refractivity contribution >= 4 is 38.9 Å². The van der Waals surface area contributed by atoms with Gasteiger partial charge in [0.15, 0.2) is 0 Å². The lowest BCUT2D eigenvalue weighted by Gasteiger charge is -2.31. The normalized spacial score (nSPS) is 21.7. The molecule has 0 spiro atoms. The molecule has 0 aliphatic heterocycles. The molecular weight excluding hydrogens is 455 g/mol. The Morgan fingerprint density at radius 1 is 0.968 bits per heavy atom. The Labute approximate surface area is 192 Å². The van der Waals surface area contributed by atoms with Crippen LogP contribution in [0.15, 0.2) is 62.9 Å². The molecule has 1 heterocycles. The lowest BCUT2D eigenvalue weighted by Crippen LogP contribution is -2.30. The molecule has 1 aliphatic carbocycles. The third-order valence-electron chi connectivity index (χ3n) is 5.59. The molecule has 1 aromatic heterocycles. The Balaban J connectivity index is 1.78. The van der Waals surface area contributed by atoms with Gasteiger partial charge in [-0.05, 0) is 67.5 Å². The van der Waals surface area contributed by atoms with Crippen LogP contribution in [-0.2, 0) is 9.84 Å². The molecule has 0 saturated heterocycles. The fourth-order valence-electron chi connectivity index (χ4n) is 4.30. The molecule has 0 bridgehead atoms. The van der Waals surface area contributed by atoms with Crippen molar-refractivity contribution in [2.24, 2.45) is 11.8 Å². The molecule has 2 atom stereocenters. The fraction of sp³-hybridized carbons (Fsp3) is 0.348. The van der Waals surface area contributed by atoms with Gasteiger partial charge in [-0.3, -0.25) is 0 Å². The Morgan fingerprint density at radius 3 is 2.26 bits per heavy atom. The van der Waals surface area contributed by atoms with Gasteiger partial charge in [-0.15, -0.1) is 0 Å². The molecule has 4 rings (SSSR count). The highest BCUT2D eigenvalue weighted by atomic mass is 35.5. The van der Waals surface area contributed by atoms with Gasteiger partial charge in [0, 0.05) is 11.1 Å². The lowest BCUT2D eigenvalue weighted by molar-refractivity contribution is 0.278. The Bertz CT molecular complexity index is 1170. The molecule has 1 N–H and O–H groups in total. The van der Waals surface area contributed by atoms with Gasteiger partial charge in [-0.1, -0.05) is 49.2 Å². The van der Waals surface area contributed by atoms with Gasteiger partial charge in [0.05, 0.1) is 15.5 Å². The number of nitrogens with zero attached hydrogens (tertiary/aromatic N) is 1. The minimum atomic E-state index is -3.93. The topological polar surface area (TPSA) is 72.2 Å². The molecule has 0 radical (unpaired) electrons. The SMILES string of the molecule is CC1CC(C)CC(Nc2oc(-c3ccccc3Cl)nc2S(=O)(=O)c2ccc(Cl)cc2)C1. The van der Waals surface area contributed by atoms with Gasteiger partial charge < -0.3 is 9.73 Å². The van der Waals surface area contributed by atoms with Crippen LogP contribution < -0.4 is 5.32 Å². The maximum atomic E-state index is 13.4. The van der Waals surface area contributed by atoms with E-state index >= 15 is 0 Å². The molecule has 31 heavy (non-hydrogen) atoms. The van der Waals surface area contributed by atoms with E-state index in [4.69, 9.17) is 27.6 Å². The first-order chi connectivity index (χ1) is 14.7. The van der Waals surface area contributed by atoms with Crippen LogP contribution in [0.4, 0.5) is 5.88 Å². The quantitative estimate of drug-likeness (QED) is 0.440. The predicted molar refractivity (Wildman–Crippen MR) is 123 cm³/mol. The van der Waals surface area contributed by atoms with E-state index in [0.29, 0.717) is 27.4 Å². The Morgan fingerprint density at radius 2 is 1.61 bits per heavy atom. The van der Waals surface area contributed by atoms with Crippen LogP contribution in [-0.4, -0.2) is 19.4 Å². The van der Waals surface area contributed by atoms with Gasteiger partial charge >= 0.3 is 0 Å². The van der Waals surface area contributed by atoms with E-state index in [0.717, 1.165) is 19.3 Å². The second kappa shape index (κ2) is 8.85. The van der Waals surface area contributed by atoms with Crippen molar-refractivity contribution in [2.45, 2.75) is 49.1 Å². The van der Waals surface area contributed by atoms with Crippen LogP contribution in [0.25, 0.3) is 11.5 Å². The van der Waals surface area contributed by atoms with Crippen molar-refractivity contribution in [1.29, 1.82) is 0 Å². The molecular formula is C23H24Cl2N2O3S. The molecule has 0 amide bonds. The summed E-state index contributed by atoms with van der Waals surface area (Å²) in [5.74, 6) is 1.40. The van der Waals surface area contributed by atoms with Crippen molar-refractivity contribution < 1.29 is 12.8 Å². The van der Waals surface area contributed by atoms with Crippen LogP contribution in [0.1, 0.15) is 33.1 Å². The molecule has 1 aliphatic rings. The Hall–Kier alpha value is -2.02. The van der Waals surface area contributed by atoms with Crippen molar-refractivity contribution in [3.63, 3.8) is 0 Å². The van der Waals surface area contributed by atoms with Crippen molar-refractivity contribution in [1.82, 2.24) is 4.98 Å². The first-order valence-corrected chi connectivity index (χ1v) is 12.5. The Kier molecular flexibility index (Phi) is 6.33. The minimum absolute atomic E-state index is 0.101. The number of sulfone groups is 1. The number of anilines is 1. The van der Waals surface area contributed by atoms with Crippen LogP contribution in [0.5, 0.6) is 0 Å². The maximum absolute atomic E-state index is 13.4. The van der Waals surface area contributed by atoms with Gasteiger partial charge in [-0.25, -0.2) is 8.42 Å². The molecule has 164 valence electrons. The average Bonchev–Trinajstić information content (AvgIpc) is 3.12. The molecule has 1 fully saturated rings. The molecule has 2 aromatic carbocycles. The summed E-state index contributed by atoms with van der Waals surface area (Å²) in [6.07, 6.45) is 3.04. The van der Waals surface area contributed by atoms with Crippen molar-refractivity contribution in [3.8, 4) is 11.5 Å². The summed E-state index contributed by atoms with van der Waals surface area (Å²) in [5, 5.41) is 4.08. The van der Waals surface area contributed by atoms with E-state index in [1.165, 1.54) is 12.1 Å². The minimum Gasteiger partial charge on any atom is -0.419 e. The standard InChI is InChI=1S/C23H24Cl2N2O3S/c1-14-11-15(2)13-17(12-14)26-22-23(31(28,29)18-9-7-16(24)8-10-18)27-21(30-22)19-5-3-4-6-20(19)25/h3-10,14-15,17,26H,11-13H2,1-2H3. The van der Waals surface area contributed by atoms with E-state index in [2.05, 4.69) is 24.1 Å². The second-order valence-corrected chi connectivity index (χ2v) is 11.1. The number of hydrogen-bond donors (Lipinski definition) is 1. The van der Waals surface area contributed by atoms with Crippen molar-refractivity contribution in [3.05, 3.63) is 58.6 Å². The monoisotopic (exact) mass is 478 g/mol. The van der Waals surface area contributed by atoms with Crippen LogP contribution >= 0.6 is 23.2 Å². The van der Waals surface area contributed by atoms with Crippen LogP contribution in [0, 0.1) is 11.8 Å². The number of oxazole rings is 1.